The van der Waals surface area contributed by atoms with Crippen molar-refractivity contribution in [2.24, 2.45) is 0 Å². The summed E-state index contributed by atoms with van der Waals surface area (Å²) in [7, 11) is -4.35. The summed E-state index contributed by atoms with van der Waals surface area (Å²) >= 11 is 0. The van der Waals surface area contributed by atoms with E-state index in [-0.39, 0.29) is 5.56 Å². The normalized spacial score (nSPS) is 13.1. The fraction of sp³-hybridized carbons (Fsp3) is 0.462. The Labute approximate surface area is 262 Å². The van der Waals surface area contributed by atoms with Crippen molar-refractivity contribution in [1.29, 1.82) is 0 Å². The molecular weight excluding hydrogens is 557 g/mol. The molecule has 0 aliphatic rings. The van der Waals surface area contributed by atoms with Crippen LogP contribution in [0.1, 0.15) is 99.0 Å². The number of fused-ring (bicyclic) bond motifs is 3. The third-order valence-corrected chi connectivity index (χ3v) is 25.4. The fourth-order valence-electron chi connectivity index (χ4n) is 9.99. The first-order valence-corrected chi connectivity index (χ1v) is 20.7. The van der Waals surface area contributed by atoms with Crippen molar-refractivity contribution < 1.29 is 9.90 Å². The standard InChI is InChI=1S/C39H52O2Si2/c1-14-30-33(39(40)41)20-19-29-21-35-36(22-34(29)30)38(43(26(8)9,27(10)11)28(12)13)32-18-16-15-17-31(32)37(35)42(23(2)3,24(4)5)25(6)7/h1,15-28H,2-13H3,(H,40,41). The van der Waals surface area contributed by atoms with E-state index >= 15 is 0 Å². The van der Waals surface area contributed by atoms with Crippen molar-refractivity contribution in [1.82, 2.24) is 0 Å². The van der Waals surface area contributed by atoms with E-state index in [1.54, 1.807) is 11.3 Å². The zero-order chi connectivity index (χ0) is 32.2. The van der Waals surface area contributed by atoms with Gasteiger partial charge in [-0.1, -0.05) is 119 Å². The molecule has 0 saturated carbocycles. The molecule has 4 heteroatoms. The fourth-order valence-corrected chi connectivity index (χ4v) is 24.2. The predicted molar refractivity (Wildman–Crippen MR) is 195 cm³/mol. The van der Waals surface area contributed by atoms with Gasteiger partial charge in [-0.2, -0.15) is 0 Å². The summed E-state index contributed by atoms with van der Waals surface area (Å²) in [5.41, 5.74) is 3.85. The molecule has 4 rings (SSSR count). The molecule has 0 aliphatic carbocycles. The van der Waals surface area contributed by atoms with E-state index in [9.17, 15) is 9.90 Å². The quantitative estimate of drug-likeness (QED) is 0.117. The van der Waals surface area contributed by atoms with Gasteiger partial charge in [0.2, 0.25) is 0 Å². The number of carboxylic acids is 1. The van der Waals surface area contributed by atoms with Crippen molar-refractivity contribution in [3.8, 4) is 12.3 Å². The van der Waals surface area contributed by atoms with Crippen LogP contribution < -0.4 is 10.4 Å². The molecule has 0 bridgehead atoms. The predicted octanol–water partition coefficient (Wildman–Crippen LogP) is 10.6. The largest absolute Gasteiger partial charge is 0.478 e. The molecule has 4 aromatic carbocycles. The van der Waals surface area contributed by atoms with Crippen molar-refractivity contribution in [3.05, 3.63) is 59.7 Å². The van der Waals surface area contributed by atoms with Crippen LogP contribution in [-0.4, -0.2) is 27.2 Å². The molecule has 2 nitrogen and oxygen atoms in total. The summed E-state index contributed by atoms with van der Waals surface area (Å²) in [4.78, 5) is 12.3. The molecule has 0 unspecified atom stereocenters. The highest BCUT2D eigenvalue weighted by Crippen LogP contribution is 2.48. The number of carboxylic acid groups (broad SMARTS) is 1. The lowest BCUT2D eigenvalue weighted by Gasteiger charge is -2.48. The summed E-state index contributed by atoms with van der Waals surface area (Å²) in [6, 6.07) is 17.6. The van der Waals surface area contributed by atoms with Crippen molar-refractivity contribution >= 4 is 64.8 Å². The molecule has 0 aromatic heterocycles. The monoisotopic (exact) mass is 608 g/mol. The second-order valence-corrected chi connectivity index (χ2v) is 26.3. The average molecular weight is 609 g/mol. The maximum Gasteiger partial charge on any atom is 0.336 e. The maximum atomic E-state index is 12.3. The van der Waals surface area contributed by atoms with E-state index in [4.69, 9.17) is 6.42 Å². The van der Waals surface area contributed by atoms with Crippen LogP contribution in [0.3, 0.4) is 0 Å². The number of hydrogen-bond acceptors (Lipinski definition) is 1. The Morgan fingerprint density at radius 2 is 1.00 bits per heavy atom. The Hall–Kier alpha value is -2.88. The van der Waals surface area contributed by atoms with Crippen LogP contribution in [0, 0.1) is 12.3 Å². The minimum atomic E-state index is -2.20. The van der Waals surface area contributed by atoms with Gasteiger partial charge >= 0.3 is 5.97 Å². The molecule has 0 atom stereocenters. The minimum Gasteiger partial charge on any atom is -0.478 e. The molecule has 0 radical (unpaired) electrons. The molecule has 0 spiro atoms. The smallest absolute Gasteiger partial charge is 0.336 e. The molecule has 228 valence electrons. The second-order valence-electron chi connectivity index (χ2n) is 14.6. The van der Waals surface area contributed by atoms with E-state index in [0.717, 1.165) is 10.8 Å². The first kappa shape index (κ1) is 33.0. The summed E-state index contributed by atoms with van der Waals surface area (Å²) in [6.07, 6.45) is 6.08. The summed E-state index contributed by atoms with van der Waals surface area (Å²) < 4.78 is 0. The lowest BCUT2D eigenvalue weighted by atomic mass is 9.94. The van der Waals surface area contributed by atoms with Crippen LogP contribution in [0.5, 0.6) is 0 Å². The zero-order valence-electron chi connectivity index (χ0n) is 28.5. The molecule has 1 N–H and O–H groups in total. The van der Waals surface area contributed by atoms with Gasteiger partial charge in [0.25, 0.3) is 0 Å². The summed E-state index contributed by atoms with van der Waals surface area (Å²) in [6.45, 7) is 29.3. The first-order chi connectivity index (χ1) is 20.1. The molecule has 0 heterocycles. The van der Waals surface area contributed by atoms with Gasteiger partial charge < -0.3 is 5.11 Å². The van der Waals surface area contributed by atoms with Gasteiger partial charge in [-0.05, 0) is 94.1 Å². The highest BCUT2D eigenvalue weighted by atomic mass is 28.3. The van der Waals surface area contributed by atoms with Crippen LogP contribution >= 0.6 is 0 Å². The van der Waals surface area contributed by atoms with Crippen LogP contribution in [0.15, 0.2) is 48.5 Å². The Morgan fingerprint density at radius 3 is 1.35 bits per heavy atom. The van der Waals surface area contributed by atoms with Gasteiger partial charge in [0.15, 0.2) is 0 Å². The lowest BCUT2D eigenvalue weighted by molar-refractivity contribution is 0.0696. The molecule has 43 heavy (non-hydrogen) atoms. The second kappa shape index (κ2) is 11.9. The van der Waals surface area contributed by atoms with Crippen molar-refractivity contribution in [2.45, 2.75) is 116 Å². The molecular formula is C39H52O2Si2. The first-order valence-electron chi connectivity index (χ1n) is 16.3. The number of carbonyl (C=O) groups is 1. The highest BCUT2D eigenvalue weighted by Gasteiger charge is 2.50. The number of aromatic carboxylic acids is 1. The third kappa shape index (κ3) is 4.70. The van der Waals surface area contributed by atoms with Crippen LogP contribution in [-0.2, 0) is 0 Å². The highest BCUT2D eigenvalue weighted by molar-refractivity contribution is 7.01. The number of terminal acetylenes is 1. The van der Waals surface area contributed by atoms with Gasteiger partial charge in [-0.25, -0.2) is 4.79 Å². The SMILES string of the molecule is C#Cc1c(C(=O)O)ccc2cc3c([Si](C(C)C)(C(C)C)C(C)C)c4ccccc4c([Si](C(C)C)(C(C)C)C(C)C)c3cc12. The van der Waals surface area contributed by atoms with Gasteiger partial charge in [0.05, 0.1) is 21.7 Å². The maximum absolute atomic E-state index is 12.3. The Morgan fingerprint density at radius 1 is 0.605 bits per heavy atom. The molecule has 0 aliphatic heterocycles. The van der Waals surface area contributed by atoms with Crippen molar-refractivity contribution in [3.63, 3.8) is 0 Å². The van der Waals surface area contributed by atoms with Gasteiger partial charge in [0.1, 0.15) is 0 Å². The molecule has 0 fully saturated rings. The van der Waals surface area contributed by atoms with Crippen molar-refractivity contribution in [2.75, 3.05) is 0 Å². The summed E-state index contributed by atoms with van der Waals surface area (Å²) in [5.74, 6) is 1.81. The van der Waals surface area contributed by atoms with E-state index < -0.39 is 22.1 Å². The van der Waals surface area contributed by atoms with Crippen LogP contribution in [0.25, 0.3) is 32.3 Å². The van der Waals surface area contributed by atoms with Gasteiger partial charge in [-0.3, -0.25) is 0 Å². The molecule has 4 aromatic rings. The topological polar surface area (TPSA) is 37.3 Å². The van der Waals surface area contributed by atoms with E-state index in [1.165, 1.54) is 26.7 Å². The Kier molecular flexibility index (Phi) is 9.14. The third-order valence-electron chi connectivity index (χ3n) is 11.1. The van der Waals surface area contributed by atoms with Crippen LogP contribution in [0.4, 0.5) is 0 Å². The zero-order valence-corrected chi connectivity index (χ0v) is 30.5. The van der Waals surface area contributed by atoms with Gasteiger partial charge in [-0.15, -0.1) is 6.42 Å². The van der Waals surface area contributed by atoms with Gasteiger partial charge in [0, 0.05) is 5.56 Å². The number of rotatable bonds is 9. The molecule has 0 amide bonds. The van der Waals surface area contributed by atoms with E-state index in [2.05, 4.69) is 125 Å². The Balaban J connectivity index is 2.52. The lowest BCUT2D eigenvalue weighted by Crippen LogP contribution is -2.59. The Bertz CT molecular complexity index is 1690. The summed E-state index contributed by atoms with van der Waals surface area (Å²) in [5, 5.41) is 20.6. The average Bonchev–Trinajstić information content (AvgIpc) is 2.91. The number of hydrogen-bond donors (Lipinski definition) is 1. The minimum absolute atomic E-state index is 0.201. The van der Waals surface area contributed by atoms with E-state index in [0.29, 0.717) is 38.8 Å². The van der Waals surface area contributed by atoms with Crippen LogP contribution in [0.2, 0.25) is 33.2 Å². The molecule has 0 saturated heterocycles. The van der Waals surface area contributed by atoms with E-state index in [1.807, 2.05) is 6.07 Å². The number of benzene rings is 4.